The van der Waals surface area contributed by atoms with Gasteiger partial charge < -0.3 is 4.74 Å². The van der Waals surface area contributed by atoms with E-state index in [0.717, 1.165) is 18.3 Å². The van der Waals surface area contributed by atoms with E-state index < -0.39 is 0 Å². The van der Waals surface area contributed by atoms with Crippen molar-refractivity contribution in [3.05, 3.63) is 0 Å². The summed E-state index contributed by atoms with van der Waals surface area (Å²) in [5.41, 5.74) is 1.48. The van der Waals surface area contributed by atoms with E-state index in [1.807, 2.05) is 0 Å². The van der Waals surface area contributed by atoms with Crippen molar-refractivity contribution in [1.29, 1.82) is 0 Å². The molecule has 0 unspecified atom stereocenters. The van der Waals surface area contributed by atoms with Crippen molar-refractivity contribution in [2.75, 3.05) is 0 Å². The van der Waals surface area contributed by atoms with Crippen molar-refractivity contribution in [3.8, 4) is 0 Å². The average Bonchev–Trinajstić information content (AvgIpc) is 2.89. The molecule has 0 aromatic heterocycles. The van der Waals surface area contributed by atoms with Gasteiger partial charge in [-0.05, 0) is 73.0 Å². The molecule has 5 rings (SSSR count). The predicted octanol–water partition coefficient (Wildman–Crippen LogP) is 4.57. The molecule has 22 heavy (non-hydrogen) atoms. The van der Waals surface area contributed by atoms with E-state index >= 15 is 0 Å². The SMILES string of the molecule is CC1(C)CCC[C@]2(C)[C@@H]1CC[C@]13C[C@@H]4[C@H](C1)C(=O)O[C@@H]4C[C@H]32. The fraction of sp³-hybridized carbons (Fsp3) is 0.950. The summed E-state index contributed by atoms with van der Waals surface area (Å²) in [5, 5.41) is 0. The van der Waals surface area contributed by atoms with Crippen LogP contribution in [0.15, 0.2) is 0 Å². The van der Waals surface area contributed by atoms with Crippen LogP contribution in [0.5, 0.6) is 0 Å². The molecule has 122 valence electrons. The van der Waals surface area contributed by atoms with Crippen LogP contribution < -0.4 is 0 Å². The molecule has 4 aliphatic carbocycles. The molecule has 0 aromatic carbocycles. The molecule has 2 heteroatoms. The van der Waals surface area contributed by atoms with Gasteiger partial charge in [-0.1, -0.05) is 27.2 Å². The summed E-state index contributed by atoms with van der Waals surface area (Å²) in [4.78, 5) is 12.2. The fourth-order valence-corrected chi connectivity index (χ4v) is 8.33. The van der Waals surface area contributed by atoms with Gasteiger partial charge in [0.1, 0.15) is 6.10 Å². The number of hydrogen-bond acceptors (Lipinski definition) is 2. The predicted molar refractivity (Wildman–Crippen MR) is 85.1 cm³/mol. The summed E-state index contributed by atoms with van der Waals surface area (Å²) in [6.45, 7) is 7.64. The van der Waals surface area contributed by atoms with Crippen molar-refractivity contribution in [3.63, 3.8) is 0 Å². The smallest absolute Gasteiger partial charge is 0.309 e. The summed E-state index contributed by atoms with van der Waals surface area (Å²) >= 11 is 0. The highest BCUT2D eigenvalue weighted by Gasteiger charge is 2.69. The van der Waals surface area contributed by atoms with Crippen molar-refractivity contribution >= 4 is 5.97 Å². The molecular weight excluding hydrogens is 272 g/mol. The maximum atomic E-state index is 12.2. The maximum absolute atomic E-state index is 12.2. The number of carbonyl (C=O) groups excluding carboxylic acids is 1. The molecule has 0 radical (unpaired) electrons. The number of rotatable bonds is 0. The number of hydrogen-bond donors (Lipinski definition) is 0. The second-order valence-electron chi connectivity index (χ2n) is 10.2. The molecule has 0 aromatic rings. The van der Waals surface area contributed by atoms with E-state index in [4.69, 9.17) is 4.74 Å². The van der Waals surface area contributed by atoms with E-state index in [2.05, 4.69) is 20.8 Å². The molecule has 4 saturated carbocycles. The van der Waals surface area contributed by atoms with Gasteiger partial charge >= 0.3 is 5.97 Å². The van der Waals surface area contributed by atoms with Gasteiger partial charge in [0.05, 0.1) is 5.92 Å². The van der Waals surface area contributed by atoms with Crippen LogP contribution in [0.25, 0.3) is 0 Å². The number of carbonyl (C=O) groups is 1. The minimum Gasteiger partial charge on any atom is -0.462 e. The number of fused-ring (bicyclic) bond motifs is 2. The highest BCUT2D eigenvalue weighted by molar-refractivity contribution is 5.76. The second kappa shape index (κ2) is 3.92. The Balaban J connectivity index is 1.57. The molecule has 2 bridgehead atoms. The Bertz CT molecular complexity index is 538. The normalized spacial score (nSPS) is 58.0. The quantitative estimate of drug-likeness (QED) is 0.613. The van der Waals surface area contributed by atoms with Crippen molar-refractivity contribution in [2.45, 2.75) is 78.2 Å². The van der Waals surface area contributed by atoms with Crippen LogP contribution in [0.4, 0.5) is 0 Å². The summed E-state index contributed by atoms with van der Waals surface area (Å²) in [6.07, 6.45) is 10.9. The van der Waals surface area contributed by atoms with Gasteiger partial charge in [0.25, 0.3) is 0 Å². The first-order valence-electron chi connectivity index (χ1n) is 9.56. The standard InChI is InChI=1S/C20H30O2/c1-18(2)6-4-7-19(3)15(18)5-8-20-10-12-13(11-20)17(21)22-14(12)9-16(19)20/h12-16H,4-11H2,1-3H3/t12-,13+,14-,15-,16+,19-,20+/m1/s1. The summed E-state index contributed by atoms with van der Waals surface area (Å²) in [7, 11) is 0. The third-order valence-electron chi connectivity index (χ3n) is 9.04. The molecule has 1 saturated heterocycles. The first-order chi connectivity index (χ1) is 10.4. The lowest BCUT2D eigenvalue weighted by Gasteiger charge is -2.64. The molecule has 5 fully saturated rings. The van der Waals surface area contributed by atoms with Crippen LogP contribution in [0, 0.1) is 39.9 Å². The van der Waals surface area contributed by atoms with Crippen LogP contribution in [0.1, 0.15) is 72.1 Å². The van der Waals surface area contributed by atoms with Crippen LogP contribution in [0.3, 0.4) is 0 Å². The van der Waals surface area contributed by atoms with Crippen molar-refractivity contribution < 1.29 is 9.53 Å². The van der Waals surface area contributed by atoms with Gasteiger partial charge in [-0.3, -0.25) is 4.79 Å². The van der Waals surface area contributed by atoms with E-state index in [0.29, 0.717) is 22.2 Å². The zero-order chi connectivity index (χ0) is 15.3. The van der Waals surface area contributed by atoms with E-state index in [1.54, 1.807) is 0 Å². The first-order valence-corrected chi connectivity index (χ1v) is 9.56. The van der Waals surface area contributed by atoms with Crippen molar-refractivity contribution in [1.82, 2.24) is 0 Å². The van der Waals surface area contributed by atoms with Crippen LogP contribution >= 0.6 is 0 Å². The van der Waals surface area contributed by atoms with Crippen LogP contribution in [-0.4, -0.2) is 12.1 Å². The monoisotopic (exact) mass is 302 g/mol. The van der Waals surface area contributed by atoms with E-state index in [9.17, 15) is 4.79 Å². The molecular formula is C20H30O2. The van der Waals surface area contributed by atoms with E-state index in [1.165, 1.54) is 44.9 Å². The Morgan fingerprint density at radius 2 is 1.86 bits per heavy atom. The third kappa shape index (κ3) is 1.46. The van der Waals surface area contributed by atoms with Gasteiger partial charge in [-0.25, -0.2) is 0 Å². The van der Waals surface area contributed by atoms with Crippen LogP contribution in [0.2, 0.25) is 0 Å². The Morgan fingerprint density at radius 3 is 2.68 bits per heavy atom. The lowest BCUT2D eigenvalue weighted by Crippen LogP contribution is -2.57. The van der Waals surface area contributed by atoms with Gasteiger partial charge in [-0.15, -0.1) is 0 Å². The van der Waals surface area contributed by atoms with Gasteiger partial charge in [0.15, 0.2) is 0 Å². The lowest BCUT2D eigenvalue weighted by molar-refractivity contribution is -0.175. The topological polar surface area (TPSA) is 26.3 Å². The summed E-state index contributed by atoms with van der Waals surface area (Å²) in [5.74, 6) is 2.64. The largest absolute Gasteiger partial charge is 0.462 e. The Labute approximate surface area is 134 Å². The van der Waals surface area contributed by atoms with Crippen LogP contribution in [-0.2, 0) is 9.53 Å². The second-order valence-corrected chi connectivity index (χ2v) is 10.2. The summed E-state index contributed by atoms with van der Waals surface area (Å²) < 4.78 is 5.80. The lowest BCUT2D eigenvalue weighted by atomic mass is 9.41. The Kier molecular flexibility index (Phi) is 2.47. The van der Waals surface area contributed by atoms with Gasteiger partial charge in [-0.2, -0.15) is 0 Å². The summed E-state index contributed by atoms with van der Waals surface area (Å²) in [6, 6.07) is 0. The molecule has 2 nitrogen and oxygen atoms in total. The third-order valence-corrected chi connectivity index (χ3v) is 9.04. The molecule has 0 amide bonds. The number of esters is 1. The Morgan fingerprint density at radius 1 is 1.05 bits per heavy atom. The minimum atomic E-state index is 0.140. The zero-order valence-electron chi connectivity index (χ0n) is 14.4. The highest BCUT2D eigenvalue weighted by Crippen LogP contribution is 2.73. The zero-order valence-corrected chi connectivity index (χ0v) is 14.4. The molecule has 0 N–H and O–H groups in total. The first kappa shape index (κ1) is 13.9. The van der Waals surface area contributed by atoms with Gasteiger partial charge in [0.2, 0.25) is 0 Å². The average molecular weight is 302 g/mol. The molecule has 7 atom stereocenters. The fourth-order valence-electron chi connectivity index (χ4n) is 8.33. The molecule has 1 spiro atoms. The van der Waals surface area contributed by atoms with Crippen molar-refractivity contribution in [2.24, 2.45) is 39.9 Å². The minimum absolute atomic E-state index is 0.140. The number of ether oxygens (including phenoxy) is 1. The molecule has 1 heterocycles. The molecule has 5 aliphatic rings. The maximum Gasteiger partial charge on any atom is 0.309 e. The van der Waals surface area contributed by atoms with E-state index in [-0.39, 0.29) is 18.0 Å². The molecule has 1 aliphatic heterocycles. The van der Waals surface area contributed by atoms with Gasteiger partial charge in [0, 0.05) is 5.92 Å². The Hall–Kier alpha value is -0.530. The highest BCUT2D eigenvalue weighted by atomic mass is 16.6.